The fourth-order valence-corrected chi connectivity index (χ4v) is 1.60. The van der Waals surface area contributed by atoms with Gasteiger partial charge in [-0.15, -0.1) is 0 Å². The summed E-state index contributed by atoms with van der Waals surface area (Å²) in [6, 6.07) is 5.39. The Labute approximate surface area is 83.1 Å². The molecule has 0 atom stereocenters. The second-order valence-electron chi connectivity index (χ2n) is 3.24. The molecule has 0 aliphatic carbocycles. The summed E-state index contributed by atoms with van der Waals surface area (Å²) in [7, 11) is 0. The smallest absolute Gasteiger partial charge is 0.156 e. The summed E-state index contributed by atoms with van der Waals surface area (Å²) in [6.45, 7) is 0. The maximum atomic E-state index is 12.9. The molecule has 2 aromatic heterocycles. The highest BCUT2D eigenvalue weighted by Crippen LogP contribution is 2.27. The van der Waals surface area contributed by atoms with Crippen LogP contribution in [0.3, 0.4) is 0 Å². The highest BCUT2D eigenvalue weighted by molar-refractivity contribution is 6.02. The molecule has 74 valence electrons. The van der Waals surface area contributed by atoms with Crippen molar-refractivity contribution in [2.75, 3.05) is 0 Å². The Balaban J connectivity index is 2.51. The largest absolute Gasteiger partial charge is 0.454 e. The first kappa shape index (κ1) is 8.35. The lowest BCUT2D eigenvalue weighted by Crippen LogP contribution is -1.77. The van der Waals surface area contributed by atoms with Crippen LogP contribution in [0.2, 0.25) is 0 Å². The van der Waals surface area contributed by atoms with Gasteiger partial charge in [-0.3, -0.25) is 0 Å². The summed E-state index contributed by atoms with van der Waals surface area (Å²) in [5, 5.41) is 0.686. The molecule has 3 aromatic rings. The summed E-state index contributed by atoms with van der Waals surface area (Å²) in [4.78, 5) is 3.91. The summed E-state index contributed by atoms with van der Waals surface area (Å²) in [6.07, 6.45) is 1.11. The Kier molecular flexibility index (Phi) is 1.54. The van der Waals surface area contributed by atoms with E-state index in [-0.39, 0.29) is 5.82 Å². The number of benzene rings is 1. The number of fused-ring (bicyclic) bond motifs is 3. The van der Waals surface area contributed by atoms with E-state index in [0.717, 1.165) is 6.20 Å². The summed E-state index contributed by atoms with van der Waals surface area (Å²) < 4.78 is 31.0. The van der Waals surface area contributed by atoms with Gasteiger partial charge in [0.1, 0.15) is 22.7 Å². The number of nitrogens with zero attached hydrogens (tertiary/aromatic N) is 1. The summed E-state index contributed by atoms with van der Waals surface area (Å²) in [5.74, 6) is -0.857. The Morgan fingerprint density at radius 2 is 1.80 bits per heavy atom. The lowest BCUT2D eigenvalue weighted by atomic mass is 10.2. The number of furan rings is 1. The Morgan fingerprint density at radius 3 is 2.67 bits per heavy atom. The van der Waals surface area contributed by atoms with Crippen LogP contribution in [-0.4, -0.2) is 4.98 Å². The molecule has 0 aliphatic heterocycles. The van der Waals surface area contributed by atoms with Gasteiger partial charge in [-0.25, -0.2) is 13.8 Å². The van der Waals surface area contributed by atoms with Gasteiger partial charge in [0.2, 0.25) is 0 Å². The topological polar surface area (TPSA) is 26.0 Å². The van der Waals surface area contributed by atoms with Crippen LogP contribution < -0.4 is 0 Å². The van der Waals surface area contributed by atoms with Gasteiger partial charge in [-0.2, -0.15) is 0 Å². The molecule has 1 aromatic carbocycles. The molecule has 3 rings (SSSR count). The zero-order chi connectivity index (χ0) is 10.4. The van der Waals surface area contributed by atoms with E-state index in [4.69, 9.17) is 4.42 Å². The molecule has 0 saturated heterocycles. The molecule has 4 heteroatoms. The molecule has 0 saturated carbocycles. The third-order valence-corrected chi connectivity index (χ3v) is 2.24. The standard InChI is InChI=1S/C11H5F2NO/c12-6-1-2-8-9(3-6)15-10-4-7(13)5-14-11(8)10/h1-5H. The van der Waals surface area contributed by atoms with Crippen LogP contribution in [0.4, 0.5) is 8.78 Å². The van der Waals surface area contributed by atoms with Gasteiger partial charge in [0, 0.05) is 17.5 Å². The highest BCUT2D eigenvalue weighted by atomic mass is 19.1. The first-order valence-electron chi connectivity index (χ1n) is 4.37. The predicted molar refractivity (Wildman–Crippen MR) is 51.4 cm³/mol. The third-order valence-electron chi connectivity index (χ3n) is 2.24. The first-order chi connectivity index (χ1) is 7.24. The molecule has 0 radical (unpaired) electrons. The normalized spacial score (nSPS) is 11.3. The van der Waals surface area contributed by atoms with E-state index in [0.29, 0.717) is 22.1 Å². The van der Waals surface area contributed by atoms with Gasteiger partial charge in [-0.1, -0.05) is 0 Å². The molecular formula is C11H5F2NO. The van der Waals surface area contributed by atoms with Crippen molar-refractivity contribution >= 4 is 22.1 Å². The van der Waals surface area contributed by atoms with Gasteiger partial charge < -0.3 is 4.42 Å². The number of halogens is 2. The van der Waals surface area contributed by atoms with Gasteiger partial charge >= 0.3 is 0 Å². The molecule has 0 N–H and O–H groups in total. The first-order valence-corrected chi connectivity index (χ1v) is 4.37. The number of hydrogen-bond acceptors (Lipinski definition) is 2. The van der Waals surface area contributed by atoms with E-state index in [9.17, 15) is 8.78 Å². The molecule has 0 amide bonds. The molecule has 0 fully saturated rings. The van der Waals surface area contributed by atoms with Crippen molar-refractivity contribution < 1.29 is 13.2 Å². The van der Waals surface area contributed by atoms with Crippen LogP contribution in [0.5, 0.6) is 0 Å². The fraction of sp³-hybridized carbons (Fsp3) is 0. The minimum absolute atomic E-state index is 0.329. The van der Waals surface area contributed by atoms with Gasteiger partial charge in [0.25, 0.3) is 0 Å². The number of aromatic nitrogens is 1. The van der Waals surface area contributed by atoms with Crippen molar-refractivity contribution in [2.24, 2.45) is 0 Å². The molecule has 0 aliphatic rings. The Morgan fingerprint density at radius 1 is 1.00 bits per heavy atom. The van der Waals surface area contributed by atoms with E-state index in [2.05, 4.69) is 4.98 Å². The van der Waals surface area contributed by atoms with Crippen molar-refractivity contribution in [1.82, 2.24) is 4.98 Å². The molecule has 15 heavy (non-hydrogen) atoms. The highest BCUT2D eigenvalue weighted by Gasteiger charge is 2.09. The van der Waals surface area contributed by atoms with Crippen LogP contribution in [0.15, 0.2) is 34.9 Å². The van der Waals surface area contributed by atoms with Crippen LogP contribution in [0, 0.1) is 11.6 Å². The summed E-state index contributed by atoms with van der Waals surface area (Å²) >= 11 is 0. The molecule has 0 unspecified atom stereocenters. The van der Waals surface area contributed by atoms with E-state index < -0.39 is 5.82 Å². The maximum Gasteiger partial charge on any atom is 0.156 e. The average Bonchev–Trinajstić information content (AvgIpc) is 2.53. The minimum atomic E-state index is -0.470. The molecule has 0 bridgehead atoms. The second-order valence-corrected chi connectivity index (χ2v) is 3.24. The van der Waals surface area contributed by atoms with Crippen LogP contribution in [-0.2, 0) is 0 Å². The summed E-state index contributed by atoms with van der Waals surface area (Å²) in [5.41, 5.74) is 1.25. The fourth-order valence-electron chi connectivity index (χ4n) is 1.60. The zero-order valence-electron chi connectivity index (χ0n) is 7.50. The molecule has 2 nitrogen and oxygen atoms in total. The molecule has 0 spiro atoms. The Bertz CT molecular complexity index is 604. The van der Waals surface area contributed by atoms with Crippen LogP contribution in [0.1, 0.15) is 0 Å². The zero-order valence-corrected chi connectivity index (χ0v) is 7.50. The van der Waals surface area contributed by atoms with E-state index in [1.807, 2.05) is 0 Å². The lowest BCUT2D eigenvalue weighted by Gasteiger charge is -1.88. The van der Waals surface area contributed by atoms with Crippen molar-refractivity contribution in [3.05, 3.63) is 42.1 Å². The van der Waals surface area contributed by atoms with Gasteiger partial charge in [-0.05, 0) is 12.1 Å². The van der Waals surface area contributed by atoms with Crippen molar-refractivity contribution in [2.45, 2.75) is 0 Å². The monoisotopic (exact) mass is 205 g/mol. The Hall–Kier alpha value is -1.97. The van der Waals surface area contributed by atoms with Crippen molar-refractivity contribution in [3.8, 4) is 0 Å². The van der Waals surface area contributed by atoms with Gasteiger partial charge in [0.05, 0.1) is 6.20 Å². The average molecular weight is 205 g/mol. The quantitative estimate of drug-likeness (QED) is 0.563. The van der Waals surface area contributed by atoms with E-state index in [1.54, 1.807) is 6.07 Å². The van der Waals surface area contributed by atoms with Crippen molar-refractivity contribution in [3.63, 3.8) is 0 Å². The molecular weight excluding hydrogens is 200 g/mol. The lowest BCUT2D eigenvalue weighted by molar-refractivity contribution is 0.607. The van der Waals surface area contributed by atoms with Crippen LogP contribution in [0.25, 0.3) is 22.1 Å². The molecule has 2 heterocycles. The van der Waals surface area contributed by atoms with E-state index in [1.165, 1.54) is 18.2 Å². The number of hydrogen-bond donors (Lipinski definition) is 0. The van der Waals surface area contributed by atoms with Crippen molar-refractivity contribution in [1.29, 1.82) is 0 Å². The maximum absolute atomic E-state index is 12.9. The SMILES string of the molecule is Fc1ccc2c(c1)oc1cc(F)cnc12. The number of pyridine rings is 1. The predicted octanol–water partition coefficient (Wildman–Crippen LogP) is 3.26. The van der Waals surface area contributed by atoms with E-state index >= 15 is 0 Å². The third kappa shape index (κ3) is 1.18. The second kappa shape index (κ2) is 2.76. The van der Waals surface area contributed by atoms with Gasteiger partial charge in [0.15, 0.2) is 5.58 Å². The van der Waals surface area contributed by atoms with Crippen LogP contribution >= 0.6 is 0 Å². The number of rotatable bonds is 0. The minimum Gasteiger partial charge on any atom is -0.454 e.